The molecule has 0 bridgehead atoms. The Labute approximate surface area is 225 Å². The molecule has 1 N–H and O–H groups in total. The highest BCUT2D eigenvalue weighted by Crippen LogP contribution is 2.39. The molecule has 0 amide bonds. The molecule has 8 heteroatoms. The van der Waals surface area contributed by atoms with Crippen LogP contribution in [0.15, 0.2) is 67.0 Å². The summed E-state index contributed by atoms with van der Waals surface area (Å²) in [6, 6.07) is 17.0. The van der Waals surface area contributed by atoms with Crippen molar-refractivity contribution in [1.29, 1.82) is 0 Å². The first-order valence-corrected chi connectivity index (χ1v) is 12.4. The summed E-state index contributed by atoms with van der Waals surface area (Å²) in [4.78, 5) is 16.6. The Kier molecular flexibility index (Phi) is 8.41. The van der Waals surface area contributed by atoms with Gasteiger partial charge in [-0.1, -0.05) is 53.5 Å². The van der Waals surface area contributed by atoms with Gasteiger partial charge in [-0.3, -0.25) is 9.78 Å². The minimum atomic E-state index is -0.912. The van der Waals surface area contributed by atoms with Gasteiger partial charge in [0.15, 0.2) is 11.5 Å². The van der Waals surface area contributed by atoms with Gasteiger partial charge in [0.2, 0.25) is 0 Å². The van der Waals surface area contributed by atoms with E-state index in [1.54, 1.807) is 33.7 Å². The lowest BCUT2D eigenvalue weighted by Crippen LogP contribution is -2.17. The minimum Gasteiger partial charge on any atom is -0.497 e. The standard InChI is InChI=1S/C29H27Cl2NO5/c1-35-22-8-6-17-10-20(5-4-18(17)11-22)23(29(33)34)12-21(13-24-25(30)15-32-16-26(24)31)19-7-9-27(36-2)28(14-19)37-3/h4-11,14-16,21,23H,12-13H2,1-3H3,(H,33,34)/t21-,23?/m1/s1. The van der Waals surface area contributed by atoms with Crippen molar-refractivity contribution in [2.75, 3.05) is 21.3 Å². The number of pyridine rings is 1. The fraction of sp³-hybridized carbons (Fsp3) is 0.241. The molecule has 4 rings (SSSR count). The third-order valence-corrected chi connectivity index (χ3v) is 7.23. The highest BCUT2D eigenvalue weighted by Gasteiger charge is 2.28. The van der Waals surface area contributed by atoms with Gasteiger partial charge in [0, 0.05) is 12.4 Å². The molecule has 0 fully saturated rings. The fourth-order valence-electron chi connectivity index (χ4n) is 4.57. The van der Waals surface area contributed by atoms with E-state index in [1.807, 2.05) is 54.6 Å². The maximum absolute atomic E-state index is 12.6. The molecule has 6 nitrogen and oxygen atoms in total. The van der Waals surface area contributed by atoms with E-state index in [1.165, 1.54) is 0 Å². The first-order valence-electron chi connectivity index (χ1n) is 11.6. The van der Waals surface area contributed by atoms with Crippen molar-refractivity contribution in [3.8, 4) is 17.2 Å². The first-order chi connectivity index (χ1) is 17.8. The molecular weight excluding hydrogens is 513 g/mol. The number of nitrogens with zero attached hydrogens (tertiary/aromatic N) is 1. The molecular formula is C29H27Cl2NO5. The summed E-state index contributed by atoms with van der Waals surface area (Å²) < 4.78 is 16.2. The summed E-state index contributed by atoms with van der Waals surface area (Å²) in [6.07, 6.45) is 3.81. The molecule has 0 saturated heterocycles. The lowest BCUT2D eigenvalue weighted by molar-refractivity contribution is -0.139. The van der Waals surface area contributed by atoms with Gasteiger partial charge in [-0.25, -0.2) is 0 Å². The average Bonchev–Trinajstić information content (AvgIpc) is 2.91. The van der Waals surface area contributed by atoms with Gasteiger partial charge in [-0.05, 0) is 70.5 Å². The van der Waals surface area contributed by atoms with Crippen molar-refractivity contribution >= 4 is 39.9 Å². The topological polar surface area (TPSA) is 77.9 Å². The Bertz CT molecular complexity index is 1400. The molecule has 4 aromatic rings. The lowest BCUT2D eigenvalue weighted by Gasteiger charge is -2.24. The van der Waals surface area contributed by atoms with Crippen LogP contribution in [0, 0.1) is 0 Å². The lowest BCUT2D eigenvalue weighted by atomic mass is 9.81. The number of fused-ring (bicyclic) bond motifs is 1. The fourth-order valence-corrected chi connectivity index (χ4v) is 5.09. The summed E-state index contributed by atoms with van der Waals surface area (Å²) in [5.74, 6) is -0.0399. The first kappa shape index (κ1) is 26.6. The number of hydrogen-bond donors (Lipinski definition) is 1. The van der Waals surface area contributed by atoms with Gasteiger partial charge in [-0.2, -0.15) is 0 Å². The molecule has 0 radical (unpaired) electrons. The Morgan fingerprint density at radius 1 is 0.838 bits per heavy atom. The summed E-state index contributed by atoms with van der Waals surface area (Å²) >= 11 is 12.9. The van der Waals surface area contributed by atoms with Crippen LogP contribution in [0.3, 0.4) is 0 Å². The maximum Gasteiger partial charge on any atom is 0.310 e. The molecule has 1 aromatic heterocycles. The zero-order valence-corrected chi connectivity index (χ0v) is 22.2. The second-order valence-corrected chi connectivity index (χ2v) is 9.51. The summed E-state index contributed by atoms with van der Waals surface area (Å²) in [7, 11) is 4.75. The molecule has 2 atom stereocenters. The predicted molar refractivity (Wildman–Crippen MR) is 146 cm³/mol. The molecule has 1 heterocycles. The Hall–Kier alpha value is -3.48. The number of ether oxygens (including phenoxy) is 3. The van der Waals surface area contributed by atoms with Crippen LogP contribution in [-0.4, -0.2) is 37.4 Å². The van der Waals surface area contributed by atoms with E-state index in [2.05, 4.69) is 4.98 Å². The Morgan fingerprint density at radius 2 is 1.49 bits per heavy atom. The number of aliphatic carboxylic acids is 1. The van der Waals surface area contributed by atoms with Crippen molar-refractivity contribution in [2.45, 2.75) is 24.7 Å². The zero-order valence-electron chi connectivity index (χ0n) is 20.7. The number of aromatic nitrogens is 1. The summed E-state index contributed by atoms with van der Waals surface area (Å²) in [5, 5.41) is 13.1. The van der Waals surface area contributed by atoms with Crippen molar-refractivity contribution in [2.24, 2.45) is 0 Å². The normalized spacial score (nSPS) is 12.7. The minimum absolute atomic E-state index is 0.245. The Balaban J connectivity index is 1.76. The second kappa shape index (κ2) is 11.7. The second-order valence-electron chi connectivity index (χ2n) is 8.70. The van der Waals surface area contributed by atoms with Crippen LogP contribution in [0.2, 0.25) is 10.0 Å². The van der Waals surface area contributed by atoms with Crippen molar-refractivity contribution in [3.63, 3.8) is 0 Å². The van der Waals surface area contributed by atoms with E-state index in [-0.39, 0.29) is 5.92 Å². The quantitative estimate of drug-likeness (QED) is 0.230. The average molecular weight is 540 g/mol. The van der Waals surface area contributed by atoms with E-state index in [0.29, 0.717) is 45.5 Å². The maximum atomic E-state index is 12.6. The third kappa shape index (κ3) is 5.92. The smallest absolute Gasteiger partial charge is 0.310 e. The van der Waals surface area contributed by atoms with Crippen LogP contribution in [0.25, 0.3) is 10.8 Å². The monoisotopic (exact) mass is 539 g/mol. The molecule has 1 unspecified atom stereocenters. The molecule has 192 valence electrons. The van der Waals surface area contributed by atoms with E-state index < -0.39 is 11.9 Å². The summed E-state index contributed by atoms with van der Waals surface area (Å²) in [5.41, 5.74) is 2.31. The summed E-state index contributed by atoms with van der Waals surface area (Å²) in [6.45, 7) is 0. The van der Waals surface area contributed by atoms with Gasteiger partial charge in [0.1, 0.15) is 5.75 Å². The van der Waals surface area contributed by atoms with Crippen LogP contribution < -0.4 is 14.2 Å². The number of halogens is 2. The number of hydrogen-bond acceptors (Lipinski definition) is 5. The van der Waals surface area contributed by atoms with E-state index in [0.717, 1.165) is 22.1 Å². The van der Waals surface area contributed by atoms with Gasteiger partial charge in [0.05, 0.1) is 37.3 Å². The van der Waals surface area contributed by atoms with Crippen LogP contribution >= 0.6 is 23.2 Å². The van der Waals surface area contributed by atoms with Crippen molar-refractivity contribution < 1.29 is 24.1 Å². The molecule has 0 spiro atoms. The van der Waals surface area contributed by atoms with Crippen LogP contribution in [0.5, 0.6) is 17.2 Å². The van der Waals surface area contributed by atoms with Gasteiger partial charge >= 0.3 is 5.97 Å². The number of rotatable bonds is 10. The largest absolute Gasteiger partial charge is 0.497 e. The number of carboxylic acids is 1. The molecule has 0 aliphatic rings. The van der Waals surface area contributed by atoms with Crippen LogP contribution in [0.1, 0.15) is 34.9 Å². The highest BCUT2D eigenvalue weighted by molar-refractivity contribution is 6.35. The van der Waals surface area contributed by atoms with E-state index in [4.69, 9.17) is 37.4 Å². The predicted octanol–water partition coefficient (Wildman–Crippen LogP) is 7.15. The molecule has 37 heavy (non-hydrogen) atoms. The number of methoxy groups -OCH3 is 3. The van der Waals surface area contributed by atoms with E-state index >= 15 is 0 Å². The van der Waals surface area contributed by atoms with Gasteiger partial charge < -0.3 is 19.3 Å². The van der Waals surface area contributed by atoms with E-state index in [9.17, 15) is 9.90 Å². The third-order valence-electron chi connectivity index (χ3n) is 6.57. The van der Waals surface area contributed by atoms with Gasteiger partial charge in [0.25, 0.3) is 0 Å². The number of carboxylic acid groups (broad SMARTS) is 1. The molecule has 3 aromatic carbocycles. The number of carbonyl (C=O) groups is 1. The van der Waals surface area contributed by atoms with Crippen molar-refractivity contribution in [3.05, 3.63) is 93.7 Å². The molecule has 0 aliphatic heterocycles. The highest BCUT2D eigenvalue weighted by atomic mass is 35.5. The van der Waals surface area contributed by atoms with Crippen LogP contribution in [0.4, 0.5) is 0 Å². The SMILES string of the molecule is COc1ccc2cc(C(C[C@H](Cc3c(Cl)cncc3Cl)c3ccc(OC)c(OC)c3)C(=O)O)ccc2c1. The van der Waals surface area contributed by atoms with Crippen LogP contribution in [-0.2, 0) is 11.2 Å². The Morgan fingerprint density at radius 3 is 2.14 bits per heavy atom. The molecule has 0 saturated carbocycles. The van der Waals surface area contributed by atoms with Crippen molar-refractivity contribution in [1.82, 2.24) is 4.98 Å². The number of benzene rings is 3. The molecule has 0 aliphatic carbocycles. The van der Waals surface area contributed by atoms with Gasteiger partial charge in [-0.15, -0.1) is 0 Å². The zero-order chi connectivity index (χ0) is 26.5.